The quantitative estimate of drug-likeness (QED) is 0.803. The number of halogens is 3. The number of ether oxygens (including phenoxy) is 1. The van der Waals surface area contributed by atoms with Crippen LogP contribution >= 0.6 is 0 Å². The first kappa shape index (κ1) is 19.8. The monoisotopic (exact) mass is 366 g/mol. The van der Waals surface area contributed by atoms with Crippen LogP contribution in [-0.4, -0.2) is 17.2 Å². The average molecular weight is 366 g/mol. The average Bonchev–Trinajstić information content (AvgIpc) is 2.53. The van der Waals surface area contributed by atoms with Gasteiger partial charge in [-0.2, -0.15) is 13.2 Å². The van der Waals surface area contributed by atoms with E-state index in [2.05, 4.69) is 0 Å². The molecule has 0 aliphatic heterocycles. The minimum absolute atomic E-state index is 0.169. The second-order valence-electron chi connectivity index (χ2n) is 7.09. The fraction of sp³-hybridized carbons (Fsp3) is 0.350. The molecular weight excluding hydrogens is 345 g/mol. The predicted octanol–water partition coefficient (Wildman–Crippen LogP) is 5.08. The molecule has 0 aliphatic rings. The lowest BCUT2D eigenvalue weighted by atomic mass is 9.86. The molecule has 0 amide bonds. The van der Waals surface area contributed by atoms with Crippen LogP contribution in [0.25, 0.3) is 0 Å². The van der Waals surface area contributed by atoms with Crippen molar-refractivity contribution in [1.29, 1.82) is 0 Å². The van der Waals surface area contributed by atoms with Gasteiger partial charge in [-0.1, -0.05) is 57.2 Å². The third-order valence-electron chi connectivity index (χ3n) is 3.92. The summed E-state index contributed by atoms with van der Waals surface area (Å²) in [4.78, 5) is 11.6. The van der Waals surface area contributed by atoms with E-state index >= 15 is 0 Å². The summed E-state index contributed by atoms with van der Waals surface area (Å²) in [5.74, 6) is -0.814. The summed E-state index contributed by atoms with van der Waals surface area (Å²) in [7, 11) is 0. The Hall–Kier alpha value is -2.50. The summed E-state index contributed by atoms with van der Waals surface area (Å²) in [5.41, 5.74) is 0.000498. The van der Waals surface area contributed by atoms with Gasteiger partial charge in [-0.3, -0.25) is 0 Å². The summed E-state index contributed by atoms with van der Waals surface area (Å²) in [5, 5.41) is 9.47. The zero-order valence-corrected chi connectivity index (χ0v) is 14.8. The molecule has 2 rings (SSSR count). The standard InChI is InChI=1S/C20H21F3O3/c1-19(2,3)15-9-4-5-10-16(15)26-17(18(24)25)12-13-7-6-8-14(11-13)20(21,22)23/h4-11,17H,12H2,1-3H3,(H,24,25). The summed E-state index contributed by atoms with van der Waals surface area (Å²) < 4.78 is 44.2. The van der Waals surface area contributed by atoms with E-state index in [9.17, 15) is 23.1 Å². The molecule has 1 unspecified atom stereocenters. The Balaban J connectivity index is 2.28. The lowest BCUT2D eigenvalue weighted by Gasteiger charge is -2.25. The zero-order chi connectivity index (χ0) is 19.5. The summed E-state index contributed by atoms with van der Waals surface area (Å²) >= 11 is 0. The molecular formula is C20H21F3O3. The Labute approximate surface area is 150 Å². The molecule has 0 saturated heterocycles. The highest BCUT2D eigenvalue weighted by Gasteiger charge is 2.31. The second kappa shape index (κ2) is 7.40. The van der Waals surface area contributed by atoms with Gasteiger partial charge in [0.15, 0.2) is 6.10 Å². The van der Waals surface area contributed by atoms with Crippen molar-refractivity contribution in [3.05, 3.63) is 65.2 Å². The fourth-order valence-corrected chi connectivity index (χ4v) is 2.61. The Bertz CT molecular complexity index is 776. The van der Waals surface area contributed by atoms with Crippen LogP contribution in [0, 0.1) is 0 Å². The topological polar surface area (TPSA) is 46.5 Å². The maximum absolute atomic E-state index is 12.8. The summed E-state index contributed by atoms with van der Waals surface area (Å²) in [6.45, 7) is 5.91. The molecule has 3 nitrogen and oxygen atoms in total. The van der Waals surface area contributed by atoms with E-state index in [-0.39, 0.29) is 17.4 Å². The molecule has 2 aromatic carbocycles. The maximum atomic E-state index is 12.8. The number of hydrogen-bond acceptors (Lipinski definition) is 2. The first-order valence-electron chi connectivity index (χ1n) is 8.13. The molecule has 0 spiro atoms. The van der Waals surface area contributed by atoms with Crippen molar-refractivity contribution in [3.8, 4) is 5.75 Å². The van der Waals surface area contributed by atoms with Crippen LogP contribution in [0.15, 0.2) is 48.5 Å². The fourth-order valence-electron chi connectivity index (χ4n) is 2.61. The van der Waals surface area contributed by atoms with Gasteiger partial charge in [0.1, 0.15) is 5.75 Å². The van der Waals surface area contributed by atoms with Gasteiger partial charge in [-0.25, -0.2) is 4.79 Å². The first-order valence-corrected chi connectivity index (χ1v) is 8.13. The highest BCUT2D eigenvalue weighted by molar-refractivity contribution is 5.73. The largest absolute Gasteiger partial charge is 0.478 e. The molecule has 0 heterocycles. The Morgan fingerprint density at radius 1 is 1.08 bits per heavy atom. The van der Waals surface area contributed by atoms with Crippen molar-refractivity contribution >= 4 is 5.97 Å². The van der Waals surface area contributed by atoms with Crippen LogP contribution in [0.2, 0.25) is 0 Å². The van der Waals surface area contributed by atoms with E-state index in [0.29, 0.717) is 5.75 Å². The third-order valence-corrected chi connectivity index (χ3v) is 3.92. The predicted molar refractivity (Wildman–Crippen MR) is 92.3 cm³/mol. The molecule has 140 valence electrons. The highest BCUT2D eigenvalue weighted by Crippen LogP contribution is 2.33. The van der Waals surface area contributed by atoms with Crippen LogP contribution < -0.4 is 4.74 Å². The molecule has 6 heteroatoms. The molecule has 2 aromatic rings. The lowest BCUT2D eigenvalue weighted by molar-refractivity contribution is -0.145. The highest BCUT2D eigenvalue weighted by atomic mass is 19.4. The molecule has 26 heavy (non-hydrogen) atoms. The van der Waals surface area contributed by atoms with Gasteiger partial charge in [-0.05, 0) is 28.7 Å². The SMILES string of the molecule is CC(C)(C)c1ccccc1OC(Cc1cccc(C(F)(F)F)c1)C(=O)O. The Morgan fingerprint density at radius 2 is 1.73 bits per heavy atom. The molecule has 0 fully saturated rings. The minimum atomic E-state index is -4.48. The van der Waals surface area contributed by atoms with E-state index in [1.165, 1.54) is 12.1 Å². The van der Waals surface area contributed by atoms with Crippen LogP contribution in [-0.2, 0) is 22.8 Å². The molecule has 0 radical (unpaired) electrons. The molecule has 0 saturated carbocycles. The van der Waals surface area contributed by atoms with Gasteiger partial charge in [0.05, 0.1) is 5.56 Å². The van der Waals surface area contributed by atoms with E-state index in [4.69, 9.17) is 4.74 Å². The third kappa shape index (κ3) is 5.00. The van der Waals surface area contributed by atoms with Gasteiger partial charge < -0.3 is 9.84 Å². The molecule has 1 atom stereocenters. The maximum Gasteiger partial charge on any atom is 0.416 e. The number of hydrogen-bond donors (Lipinski definition) is 1. The van der Waals surface area contributed by atoms with Gasteiger partial charge >= 0.3 is 12.1 Å². The number of carbonyl (C=O) groups is 1. The molecule has 0 aromatic heterocycles. The summed E-state index contributed by atoms with van der Waals surface area (Å²) in [6.07, 6.45) is -5.94. The normalized spacial score (nSPS) is 13.3. The van der Waals surface area contributed by atoms with Crippen molar-refractivity contribution in [2.45, 2.75) is 44.9 Å². The van der Waals surface area contributed by atoms with E-state index in [1.54, 1.807) is 12.1 Å². The molecule has 0 aliphatic carbocycles. The second-order valence-corrected chi connectivity index (χ2v) is 7.09. The number of benzene rings is 2. The van der Waals surface area contributed by atoms with Gasteiger partial charge in [0.25, 0.3) is 0 Å². The van der Waals surface area contributed by atoms with Crippen molar-refractivity contribution < 1.29 is 27.8 Å². The number of para-hydroxylation sites is 1. The van der Waals surface area contributed by atoms with Crippen LogP contribution in [0.3, 0.4) is 0 Å². The number of carboxylic acids is 1. The Morgan fingerprint density at radius 3 is 2.31 bits per heavy atom. The lowest BCUT2D eigenvalue weighted by Crippen LogP contribution is -2.30. The van der Waals surface area contributed by atoms with Crippen LogP contribution in [0.1, 0.15) is 37.5 Å². The Kier molecular flexibility index (Phi) is 5.64. The van der Waals surface area contributed by atoms with Crippen molar-refractivity contribution in [1.82, 2.24) is 0 Å². The van der Waals surface area contributed by atoms with Crippen LogP contribution in [0.4, 0.5) is 13.2 Å². The van der Waals surface area contributed by atoms with Gasteiger partial charge in [0.2, 0.25) is 0 Å². The van der Waals surface area contributed by atoms with Crippen molar-refractivity contribution in [2.24, 2.45) is 0 Å². The van der Waals surface area contributed by atoms with E-state index in [0.717, 1.165) is 17.7 Å². The molecule has 0 bridgehead atoms. The van der Waals surface area contributed by atoms with Crippen molar-refractivity contribution in [2.75, 3.05) is 0 Å². The summed E-state index contributed by atoms with van der Waals surface area (Å²) in [6, 6.07) is 11.7. The van der Waals surface area contributed by atoms with Crippen LogP contribution in [0.5, 0.6) is 5.75 Å². The number of rotatable bonds is 5. The number of aliphatic carboxylic acids is 1. The number of alkyl halides is 3. The smallest absolute Gasteiger partial charge is 0.416 e. The van der Waals surface area contributed by atoms with Gasteiger partial charge in [-0.15, -0.1) is 0 Å². The minimum Gasteiger partial charge on any atom is -0.478 e. The zero-order valence-electron chi connectivity index (χ0n) is 14.8. The van der Waals surface area contributed by atoms with E-state index in [1.807, 2.05) is 32.9 Å². The number of carboxylic acid groups (broad SMARTS) is 1. The first-order chi connectivity index (χ1) is 12.0. The van der Waals surface area contributed by atoms with Gasteiger partial charge in [0, 0.05) is 6.42 Å². The van der Waals surface area contributed by atoms with E-state index < -0.39 is 23.8 Å². The van der Waals surface area contributed by atoms with Crippen molar-refractivity contribution in [3.63, 3.8) is 0 Å². The molecule has 1 N–H and O–H groups in total.